The lowest BCUT2D eigenvalue weighted by molar-refractivity contribution is 0.202. The fourth-order valence-electron chi connectivity index (χ4n) is 2.33. The van der Waals surface area contributed by atoms with Crippen LogP contribution in [0.15, 0.2) is 30.5 Å². The van der Waals surface area contributed by atoms with Crippen LogP contribution in [0.5, 0.6) is 5.75 Å². The summed E-state index contributed by atoms with van der Waals surface area (Å²) in [6.07, 6.45) is 1.85. The highest BCUT2D eigenvalue weighted by Crippen LogP contribution is 2.31. The lowest BCUT2D eigenvalue weighted by Crippen LogP contribution is -2.13. The van der Waals surface area contributed by atoms with E-state index in [1.807, 2.05) is 47.9 Å². The quantitative estimate of drug-likeness (QED) is 0.887. The van der Waals surface area contributed by atoms with E-state index in [0.717, 1.165) is 24.2 Å². The van der Waals surface area contributed by atoms with Crippen molar-refractivity contribution in [3.05, 3.63) is 41.7 Å². The molecule has 1 atom stereocenters. The number of aliphatic hydroxyl groups excluding tert-OH is 1. The van der Waals surface area contributed by atoms with E-state index in [4.69, 9.17) is 4.74 Å². The van der Waals surface area contributed by atoms with Crippen molar-refractivity contribution in [1.29, 1.82) is 0 Å². The fraction of sp³-hybridized carbons (Fsp3) is 0.438. The molecule has 1 unspecified atom stereocenters. The zero-order valence-electron chi connectivity index (χ0n) is 13.1. The van der Waals surface area contributed by atoms with Crippen molar-refractivity contribution in [2.24, 2.45) is 0 Å². The molecule has 0 bridgehead atoms. The van der Waals surface area contributed by atoms with Crippen LogP contribution in [0.25, 0.3) is 0 Å². The van der Waals surface area contributed by atoms with Gasteiger partial charge in [0, 0.05) is 26.3 Å². The Labute approximate surface area is 125 Å². The topological polar surface area (TPSA) is 50.5 Å². The van der Waals surface area contributed by atoms with Gasteiger partial charge in [-0.05, 0) is 24.1 Å². The normalized spacial score (nSPS) is 12.2. The second-order valence-corrected chi connectivity index (χ2v) is 5.21. The van der Waals surface area contributed by atoms with Gasteiger partial charge in [0.2, 0.25) is 0 Å². The van der Waals surface area contributed by atoms with Gasteiger partial charge in [-0.1, -0.05) is 19.1 Å². The summed E-state index contributed by atoms with van der Waals surface area (Å²) in [7, 11) is 5.56. The molecule has 2 rings (SSSR count). The Hall–Kier alpha value is -2.01. The SMILES string of the molecule is CCCn1ncc(OC)c1C(O)c1cccc(N(C)C)c1. The molecule has 0 spiro atoms. The Balaban J connectivity index is 2.41. The number of hydrogen-bond acceptors (Lipinski definition) is 4. The number of hydrogen-bond donors (Lipinski definition) is 1. The number of aryl methyl sites for hydroxylation is 1. The van der Waals surface area contributed by atoms with Crippen LogP contribution in [-0.2, 0) is 6.54 Å². The summed E-state index contributed by atoms with van der Waals surface area (Å²) in [6.45, 7) is 2.83. The third kappa shape index (κ3) is 3.19. The highest BCUT2D eigenvalue weighted by Gasteiger charge is 2.21. The molecule has 114 valence electrons. The van der Waals surface area contributed by atoms with Gasteiger partial charge >= 0.3 is 0 Å². The maximum absolute atomic E-state index is 10.7. The number of anilines is 1. The fourth-order valence-corrected chi connectivity index (χ4v) is 2.33. The Morgan fingerprint density at radius 1 is 1.38 bits per heavy atom. The van der Waals surface area contributed by atoms with E-state index in [1.54, 1.807) is 13.3 Å². The molecular formula is C16H23N3O2. The molecule has 2 aromatic rings. The Morgan fingerprint density at radius 2 is 2.14 bits per heavy atom. The maximum atomic E-state index is 10.7. The molecule has 1 heterocycles. The van der Waals surface area contributed by atoms with Crippen molar-refractivity contribution in [3.63, 3.8) is 0 Å². The molecule has 0 amide bonds. The van der Waals surface area contributed by atoms with Crippen molar-refractivity contribution < 1.29 is 9.84 Å². The Kier molecular flexibility index (Phi) is 4.85. The van der Waals surface area contributed by atoms with Gasteiger partial charge in [-0.2, -0.15) is 5.10 Å². The van der Waals surface area contributed by atoms with Crippen LogP contribution in [0.1, 0.15) is 30.7 Å². The largest absolute Gasteiger partial charge is 0.493 e. The minimum atomic E-state index is -0.756. The van der Waals surface area contributed by atoms with Gasteiger partial charge in [-0.3, -0.25) is 4.68 Å². The van der Waals surface area contributed by atoms with Gasteiger partial charge in [0.15, 0.2) is 5.75 Å². The first-order valence-electron chi connectivity index (χ1n) is 7.13. The smallest absolute Gasteiger partial charge is 0.163 e. The lowest BCUT2D eigenvalue weighted by Gasteiger charge is -2.18. The third-order valence-electron chi connectivity index (χ3n) is 3.46. The van der Waals surface area contributed by atoms with Crippen LogP contribution in [0.3, 0.4) is 0 Å². The van der Waals surface area contributed by atoms with Crippen molar-refractivity contribution in [1.82, 2.24) is 9.78 Å². The summed E-state index contributed by atoms with van der Waals surface area (Å²) >= 11 is 0. The molecule has 21 heavy (non-hydrogen) atoms. The zero-order chi connectivity index (χ0) is 15.4. The van der Waals surface area contributed by atoms with Crippen molar-refractivity contribution in [3.8, 4) is 5.75 Å². The standard InChI is InChI=1S/C16H23N3O2/c1-5-9-19-15(14(21-4)11-17-19)16(20)12-7-6-8-13(10-12)18(2)3/h6-8,10-11,16,20H,5,9H2,1-4H3. The van der Waals surface area contributed by atoms with Gasteiger partial charge in [-0.25, -0.2) is 0 Å². The number of ether oxygens (including phenoxy) is 1. The van der Waals surface area contributed by atoms with Crippen LogP contribution in [0.4, 0.5) is 5.69 Å². The predicted octanol–water partition coefficient (Wildman–Crippen LogP) is 2.45. The average Bonchev–Trinajstić information content (AvgIpc) is 2.89. The molecule has 0 aliphatic rings. The van der Waals surface area contributed by atoms with Crippen molar-refractivity contribution in [2.75, 3.05) is 26.1 Å². The summed E-state index contributed by atoms with van der Waals surface area (Å²) in [5.41, 5.74) is 2.58. The summed E-state index contributed by atoms with van der Waals surface area (Å²) in [6, 6.07) is 7.85. The molecule has 0 radical (unpaired) electrons. The molecule has 0 saturated carbocycles. The maximum Gasteiger partial charge on any atom is 0.163 e. The minimum absolute atomic E-state index is 0.617. The van der Waals surface area contributed by atoms with Gasteiger partial charge < -0.3 is 14.7 Å². The van der Waals surface area contributed by atoms with Crippen molar-refractivity contribution in [2.45, 2.75) is 26.0 Å². The summed E-state index contributed by atoms with van der Waals surface area (Å²) in [5, 5.41) is 15.0. The predicted molar refractivity (Wildman–Crippen MR) is 83.9 cm³/mol. The first-order valence-corrected chi connectivity index (χ1v) is 7.13. The van der Waals surface area contributed by atoms with E-state index in [2.05, 4.69) is 12.0 Å². The molecule has 0 aliphatic carbocycles. The molecule has 5 nitrogen and oxygen atoms in total. The second-order valence-electron chi connectivity index (χ2n) is 5.21. The average molecular weight is 289 g/mol. The van der Waals surface area contributed by atoms with Crippen molar-refractivity contribution >= 4 is 5.69 Å². The van der Waals surface area contributed by atoms with Gasteiger partial charge in [0.1, 0.15) is 11.8 Å². The summed E-state index contributed by atoms with van der Waals surface area (Å²) in [4.78, 5) is 2.01. The number of rotatable bonds is 6. The van der Waals surface area contributed by atoms with E-state index < -0.39 is 6.10 Å². The van der Waals surface area contributed by atoms with Crippen LogP contribution in [0.2, 0.25) is 0 Å². The zero-order valence-corrected chi connectivity index (χ0v) is 13.1. The molecule has 0 fully saturated rings. The third-order valence-corrected chi connectivity index (χ3v) is 3.46. The van der Waals surface area contributed by atoms with E-state index in [9.17, 15) is 5.11 Å². The monoisotopic (exact) mass is 289 g/mol. The van der Waals surface area contributed by atoms with Crippen LogP contribution < -0.4 is 9.64 Å². The summed E-state index contributed by atoms with van der Waals surface area (Å²) in [5.74, 6) is 0.617. The Bertz CT molecular complexity index is 593. The molecule has 1 aromatic heterocycles. The molecule has 1 aromatic carbocycles. The second kappa shape index (κ2) is 6.63. The summed E-state index contributed by atoms with van der Waals surface area (Å²) < 4.78 is 7.15. The number of nitrogens with zero attached hydrogens (tertiary/aromatic N) is 3. The lowest BCUT2D eigenvalue weighted by atomic mass is 10.0. The highest BCUT2D eigenvalue weighted by atomic mass is 16.5. The minimum Gasteiger partial charge on any atom is -0.493 e. The molecule has 1 N–H and O–H groups in total. The first-order chi connectivity index (χ1) is 10.1. The van der Waals surface area contributed by atoms with E-state index >= 15 is 0 Å². The number of aromatic nitrogens is 2. The number of aliphatic hydroxyl groups is 1. The van der Waals surface area contributed by atoms with E-state index in [0.29, 0.717) is 11.4 Å². The molecular weight excluding hydrogens is 266 g/mol. The van der Waals surface area contributed by atoms with Gasteiger partial charge in [0.25, 0.3) is 0 Å². The molecule has 5 heteroatoms. The van der Waals surface area contributed by atoms with E-state index in [-0.39, 0.29) is 0 Å². The first kappa shape index (κ1) is 15.4. The van der Waals surface area contributed by atoms with Crippen LogP contribution >= 0.6 is 0 Å². The van der Waals surface area contributed by atoms with Crippen LogP contribution in [0, 0.1) is 0 Å². The van der Waals surface area contributed by atoms with Gasteiger partial charge in [0.05, 0.1) is 13.3 Å². The number of methoxy groups -OCH3 is 1. The molecule has 0 aliphatic heterocycles. The van der Waals surface area contributed by atoms with Crippen LogP contribution in [-0.4, -0.2) is 36.1 Å². The van der Waals surface area contributed by atoms with Gasteiger partial charge in [-0.15, -0.1) is 0 Å². The highest BCUT2D eigenvalue weighted by molar-refractivity contribution is 5.49. The number of benzene rings is 1. The Morgan fingerprint density at radius 3 is 2.76 bits per heavy atom. The molecule has 0 saturated heterocycles. The van der Waals surface area contributed by atoms with E-state index in [1.165, 1.54) is 0 Å².